The Morgan fingerprint density at radius 3 is 2.75 bits per heavy atom. The molecule has 0 amide bonds. The molecule has 1 rings (SSSR count). The average Bonchev–Trinajstić information content (AvgIpc) is 1.64. The molecule has 2 atom stereocenters. The molecule has 0 spiro atoms. The molecule has 0 aromatic carbocycles. The largest absolute Gasteiger partial charge is 0.314 e. The lowest BCUT2D eigenvalue weighted by Crippen LogP contribution is -2.35. The van der Waals surface area contributed by atoms with E-state index in [9.17, 15) is 0 Å². The second kappa shape index (κ2) is 2.83. The molecule has 0 saturated carbocycles. The molecule has 0 aromatic rings. The second-order valence-electron chi connectivity index (χ2n) is 2.48. The Bertz CT molecular complexity index is 66.9. The van der Waals surface area contributed by atoms with Crippen LogP contribution in [0.5, 0.6) is 0 Å². The maximum atomic E-state index is 3.59. The molecular formula is C6H12BrN. The van der Waals surface area contributed by atoms with E-state index in [0.29, 0.717) is 6.04 Å². The number of nitrogens with one attached hydrogen (secondary N) is 1. The van der Waals surface area contributed by atoms with Crippen molar-refractivity contribution in [1.82, 2.24) is 5.32 Å². The second-order valence-corrected chi connectivity index (χ2v) is 3.77. The molecule has 1 aliphatic rings. The summed E-state index contributed by atoms with van der Waals surface area (Å²) in [7, 11) is 0. The zero-order valence-corrected chi connectivity index (χ0v) is 6.74. The maximum Gasteiger partial charge on any atom is 0.0172 e. The van der Waals surface area contributed by atoms with Crippen molar-refractivity contribution in [3.8, 4) is 0 Å². The van der Waals surface area contributed by atoms with Gasteiger partial charge in [-0.3, -0.25) is 0 Å². The minimum absolute atomic E-state index is 0.716. The third-order valence-corrected chi connectivity index (χ3v) is 2.39. The Kier molecular flexibility index (Phi) is 2.32. The van der Waals surface area contributed by atoms with Crippen LogP contribution in [0.4, 0.5) is 0 Å². The van der Waals surface area contributed by atoms with Gasteiger partial charge in [-0.15, -0.1) is 0 Å². The molecule has 1 nitrogen and oxygen atoms in total. The van der Waals surface area contributed by atoms with Gasteiger partial charge in [0.05, 0.1) is 0 Å². The van der Waals surface area contributed by atoms with Gasteiger partial charge < -0.3 is 5.32 Å². The molecule has 8 heavy (non-hydrogen) atoms. The van der Waals surface area contributed by atoms with Gasteiger partial charge in [0.2, 0.25) is 0 Å². The highest BCUT2D eigenvalue weighted by Crippen LogP contribution is 2.15. The quantitative estimate of drug-likeness (QED) is 0.554. The normalized spacial score (nSPS) is 39.8. The molecule has 2 heteroatoms. The molecule has 1 fully saturated rings. The highest BCUT2D eigenvalue weighted by molar-refractivity contribution is 9.09. The molecule has 1 heterocycles. The van der Waals surface area contributed by atoms with Crippen LogP contribution in [0.2, 0.25) is 0 Å². The topological polar surface area (TPSA) is 12.0 Å². The van der Waals surface area contributed by atoms with E-state index in [1.165, 1.54) is 19.4 Å². The lowest BCUT2D eigenvalue weighted by Gasteiger charge is -2.23. The smallest absolute Gasteiger partial charge is 0.0172 e. The molecule has 48 valence electrons. The first kappa shape index (κ1) is 6.56. The first-order valence-electron chi connectivity index (χ1n) is 3.16. The zero-order chi connectivity index (χ0) is 5.98. The lowest BCUT2D eigenvalue weighted by molar-refractivity contribution is 0.438. The molecule has 0 bridgehead atoms. The fraction of sp³-hybridized carbons (Fsp3) is 1.00. The van der Waals surface area contributed by atoms with Gasteiger partial charge in [0.1, 0.15) is 0 Å². The van der Waals surface area contributed by atoms with E-state index in [1.54, 1.807) is 0 Å². The van der Waals surface area contributed by atoms with Crippen LogP contribution in [-0.4, -0.2) is 17.4 Å². The third-order valence-electron chi connectivity index (χ3n) is 1.56. The van der Waals surface area contributed by atoms with Crippen molar-refractivity contribution in [2.75, 3.05) is 6.54 Å². The van der Waals surface area contributed by atoms with Crippen molar-refractivity contribution in [3.05, 3.63) is 0 Å². The lowest BCUT2D eigenvalue weighted by atomic mass is 10.1. The number of rotatable bonds is 0. The summed E-state index contributed by atoms with van der Waals surface area (Å²) in [5.41, 5.74) is 0. The van der Waals surface area contributed by atoms with Gasteiger partial charge in [0.25, 0.3) is 0 Å². The SMILES string of the molecule is CC1CC(Br)CCN1. The fourth-order valence-corrected chi connectivity index (χ4v) is 1.86. The van der Waals surface area contributed by atoms with Crippen LogP contribution in [0.1, 0.15) is 19.8 Å². The molecule has 0 radical (unpaired) electrons. The Morgan fingerprint density at radius 1 is 1.62 bits per heavy atom. The number of hydrogen-bond acceptors (Lipinski definition) is 1. The summed E-state index contributed by atoms with van der Waals surface area (Å²) in [4.78, 5) is 0.763. The predicted molar refractivity (Wildman–Crippen MR) is 39.4 cm³/mol. The standard InChI is InChI=1S/C6H12BrN/c1-5-4-6(7)2-3-8-5/h5-6,8H,2-4H2,1H3. The Morgan fingerprint density at radius 2 is 2.38 bits per heavy atom. The summed E-state index contributed by atoms with van der Waals surface area (Å²) in [5.74, 6) is 0. The van der Waals surface area contributed by atoms with Crippen molar-refractivity contribution in [3.63, 3.8) is 0 Å². The Labute approximate surface area is 59.0 Å². The van der Waals surface area contributed by atoms with Crippen molar-refractivity contribution >= 4 is 15.9 Å². The van der Waals surface area contributed by atoms with Crippen LogP contribution in [0.25, 0.3) is 0 Å². The summed E-state index contributed by atoms with van der Waals surface area (Å²) >= 11 is 3.59. The molecule has 1 N–H and O–H groups in total. The van der Waals surface area contributed by atoms with E-state index in [4.69, 9.17) is 0 Å². The molecule has 1 aliphatic heterocycles. The fourth-order valence-electron chi connectivity index (χ4n) is 1.07. The Hall–Kier alpha value is 0.440. The number of hydrogen-bond donors (Lipinski definition) is 1. The van der Waals surface area contributed by atoms with Crippen LogP contribution < -0.4 is 5.32 Å². The highest BCUT2D eigenvalue weighted by atomic mass is 79.9. The van der Waals surface area contributed by atoms with E-state index in [2.05, 4.69) is 28.2 Å². The van der Waals surface area contributed by atoms with E-state index in [1.807, 2.05) is 0 Å². The predicted octanol–water partition coefficient (Wildman–Crippen LogP) is 1.52. The van der Waals surface area contributed by atoms with Gasteiger partial charge in [-0.05, 0) is 26.3 Å². The van der Waals surface area contributed by atoms with E-state index in [0.717, 1.165) is 4.83 Å². The number of piperidine rings is 1. The molecular weight excluding hydrogens is 166 g/mol. The van der Waals surface area contributed by atoms with Crippen LogP contribution in [0.15, 0.2) is 0 Å². The van der Waals surface area contributed by atoms with Crippen molar-refractivity contribution < 1.29 is 0 Å². The maximum absolute atomic E-state index is 3.59. The van der Waals surface area contributed by atoms with Crippen molar-refractivity contribution in [2.24, 2.45) is 0 Å². The monoisotopic (exact) mass is 177 g/mol. The summed E-state index contributed by atoms with van der Waals surface area (Å²) in [6.07, 6.45) is 2.56. The average molecular weight is 178 g/mol. The van der Waals surface area contributed by atoms with Crippen LogP contribution >= 0.6 is 15.9 Å². The molecule has 0 aromatic heterocycles. The van der Waals surface area contributed by atoms with Crippen LogP contribution in [0.3, 0.4) is 0 Å². The minimum Gasteiger partial charge on any atom is -0.314 e. The summed E-state index contributed by atoms with van der Waals surface area (Å²) in [6.45, 7) is 3.41. The van der Waals surface area contributed by atoms with Gasteiger partial charge in [0, 0.05) is 10.9 Å². The van der Waals surface area contributed by atoms with E-state index < -0.39 is 0 Å². The van der Waals surface area contributed by atoms with Crippen molar-refractivity contribution in [1.29, 1.82) is 0 Å². The molecule has 2 unspecified atom stereocenters. The summed E-state index contributed by atoms with van der Waals surface area (Å²) in [6, 6.07) is 0.716. The van der Waals surface area contributed by atoms with Gasteiger partial charge in [-0.1, -0.05) is 15.9 Å². The van der Waals surface area contributed by atoms with Crippen LogP contribution in [0, 0.1) is 0 Å². The van der Waals surface area contributed by atoms with Gasteiger partial charge >= 0.3 is 0 Å². The number of halogens is 1. The molecule has 1 saturated heterocycles. The highest BCUT2D eigenvalue weighted by Gasteiger charge is 2.14. The van der Waals surface area contributed by atoms with E-state index in [-0.39, 0.29) is 0 Å². The first-order valence-corrected chi connectivity index (χ1v) is 4.08. The molecule has 0 aliphatic carbocycles. The van der Waals surface area contributed by atoms with Gasteiger partial charge in [0.15, 0.2) is 0 Å². The van der Waals surface area contributed by atoms with Crippen molar-refractivity contribution in [2.45, 2.75) is 30.6 Å². The van der Waals surface area contributed by atoms with Crippen LogP contribution in [-0.2, 0) is 0 Å². The third kappa shape index (κ3) is 1.75. The first-order chi connectivity index (χ1) is 3.79. The Balaban J connectivity index is 2.23. The van der Waals surface area contributed by atoms with E-state index >= 15 is 0 Å². The van der Waals surface area contributed by atoms with Gasteiger partial charge in [-0.25, -0.2) is 0 Å². The summed E-state index contributed by atoms with van der Waals surface area (Å²) in [5, 5.41) is 3.38. The minimum atomic E-state index is 0.716. The zero-order valence-electron chi connectivity index (χ0n) is 5.15. The summed E-state index contributed by atoms with van der Waals surface area (Å²) < 4.78 is 0. The number of alkyl halides is 1. The van der Waals surface area contributed by atoms with Gasteiger partial charge in [-0.2, -0.15) is 0 Å².